The highest BCUT2D eigenvalue weighted by atomic mass is 32.3. The third-order valence-electron chi connectivity index (χ3n) is 7.66. The summed E-state index contributed by atoms with van der Waals surface area (Å²) in [5, 5.41) is 10.1. The van der Waals surface area contributed by atoms with Crippen molar-refractivity contribution in [2.45, 2.75) is 77.4 Å². The van der Waals surface area contributed by atoms with Gasteiger partial charge in [0.25, 0.3) is 0 Å². The molecule has 5 nitrogen and oxygen atoms in total. The van der Waals surface area contributed by atoms with Crippen molar-refractivity contribution in [3.05, 3.63) is 11.6 Å². The maximum absolute atomic E-state index is 11.5. The van der Waals surface area contributed by atoms with E-state index in [4.69, 9.17) is 8.30 Å². The number of allylic oxidation sites excluding steroid dienone is 1. The van der Waals surface area contributed by atoms with Crippen LogP contribution in [0.5, 0.6) is 0 Å². The molecule has 0 aromatic heterocycles. The Bertz CT molecular complexity index is 814. The van der Waals surface area contributed by atoms with Gasteiger partial charge in [-0.2, -0.15) is 8.42 Å². The molecule has 6 heteroatoms. The molecule has 7 atom stereocenters. The number of aliphatic hydroxyl groups excluding tert-OH is 1. The molecule has 0 aromatic rings. The molecule has 2 N–H and O–H groups in total. The molecule has 3 fully saturated rings. The SMILES string of the molecule is [2H]C1([2H])C[C@H]2[C@@H]3CC=C4C[C@@H](O)CC[C@]4(C)[C@H]3CC[C@]2(C)[C@@]1([2H])OS(=O)(=O)O. The molecule has 4 aliphatic rings. The molecule has 0 amide bonds. The van der Waals surface area contributed by atoms with Crippen LogP contribution in [0.25, 0.3) is 0 Å². The van der Waals surface area contributed by atoms with Crippen molar-refractivity contribution in [3.8, 4) is 0 Å². The van der Waals surface area contributed by atoms with Crippen molar-refractivity contribution in [2.75, 3.05) is 0 Å². The van der Waals surface area contributed by atoms with Gasteiger partial charge in [0.15, 0.2) is 0 Å². The van der Waals surface area contributed by atoms with Crippen molar-refractivity contribution >= 4 is 10.4 Å². The minimum absolute atomic E-state index is 0.0343. The average molecular weight is 374 g/mol. The fourth-order valence-corrected chi connectivity index (χ4v) is 6.71. The molecular formula is C19H30O5S. The summed E-state index contributed by atoms with van der Waals surface area (Å²) >= 11 is 0. The van der Waals surface area contributed by atoms with Gasteiger partial charge in [-0.15, -0.1) is 0 Å². The number of rotatable bonds is 2. The van der Waals surface area contributed by atoms with E-state index in [0.717, 1.165) is 25.7 Å². The summed E-state index contributed by atoms with van der Waals surface area (Å²) in [6.45, 7) is 4.00. The van der Waals surface area contributed by atoms with E-state index in [1.165, 1.54) is 5.57 Å². The van der Waals surface area contributed by atoms with Gasteiger partial charge in [-0.25, -0.2) is 4.18 Å². The lowest BCUT2D eigenvalue weighted by Crippen LogP contribution is -2.51. The van der Waals surface area contributed by atoms with Crippen LogP contribution in [0.4, 0.5) is 0 Å². The Balaban J connectivity index is 1.74. The summed E-state index contributed by atoms with van der Waals surface area (Å²) in [5.41, 5.74) is 0.250. The van der Waals surface area contributed by atoms with Gasteiger partial charge in [0.2, 0.25) is 0 Å². The molecule has 0 heterocycles. The van der Waals surface area contributed by atoms with Gasteiger partial charge < -0.3 is 5.11 Å². The van der Waals surface area contributed by atoms with Crippen molar-refractivity contribution in [3.63, 3.8) is 0 Å². The van der Waals surface area contributed by atoms with Gasteiger partial charge in [-0.3, -0.25) is 4.55 Å². The van der Waals surface area contributed by atoms with Crippen LogP contribution in [-0.2, 0) is 14.6 Å². The molecule has 0 unspecified atom stereocenters. The number of fused-ring (bicyclic) bond motifs is 5. The largest absolute Gasteiger partial charge is 0.397 e. The molecule has 0 aliphatic heterocycles. The van der Waals surface area contributed by atoms with Crippen LogP contribution in [0.3, 0.4) is 0 Å². The fourth-order valence-electron chi connectivity index (χ4n) is 6.25. The number of hydrogen-bond acceptors (Lipinski definition) is 4. The molecule has 142 valence electrons. The predicted molar refractivity (Wildman–Crippen MR) is 94.1 cm³/mol. The summed E-state index contributed by atoms with van der Waals surface area (Å²) < 4.78 is 62.6. The smallest absolute Gasteiger partial charge is 0.393 e. The second-order valence-electron chi connectivity index (χ2n) is 8.83. The topological polar surface area (TPSA) is 83.8 Å². The van der Waals surface area contributed by atoms with Crippen LogP contribution in [0.15, 0.2) is 11.6 Å². The van der Waals surface area contributed by atoms with E-state index in [2.05, 4.69) is 13.0 Å². The normalized spacial score (nSPS) is 56.5. The summed E-state index contributed by atoms with van der Waals surface area (Å²) in [6.07, 6.45) is 1.73. The predicted octanol–water partition coefficient (Wildman–Crippen LogP) is 3.50. The maximum atomic E-state index is 11.5. The Morgan fingerprint density at radius 2 is 2.04 bits per heavy atom. The molecule has 0 aromatic carbocycles. The summed E-state index contributed by atoms with van der Waals surface area (Å²) in [5.74, 6) is 0.249. The monoisotopic (exact) mass is 373 g/mol. The summed E-state index contributed by atoms with van der Waals surface area (Å²) in [6, 6.07) is 0. The van der Waals surface area contributed by atoms with E-state index in [0.29, 0.717) is 18.8 Å². The quantitative estimate of drug-likeness (QED) is 0.572. The third kappa shape index (κ3) is 2.80. The van der Waals surface area contributed by atoms with Gasteiger partial charge in [-0.05, 0) is 79.9 Å². The van der Waals surface area contributed by atoms with Crippen LogP contribution in [0.2, 0.25) is 0 Å². The van der Waals surface area contributed by atoms with Gasteiger partial charge in [-0.1, -0.05) is 25.5 Å². The van der Waals surface area contributed by atoms with Gasteiger partial charge in [0.1, 0.15) is 0 Å². The Morgan fingerprint density at radius 1 is 1.28 bits per heavy atom. The zero-order chi connectivity index (χ0) is 20.8. The van der Waals surface area contributed by atoms with E-state index < -0.39 is 28.3 Å². The second-order valence-corrected chi connectivity index (χ2v) is 9.86. The average Bonchev–Trinajstić information content (AvgIpc) is 2.70. The molecule has 0 radical (unpaired) electrons. The first-order valence-electron chi connectivity index (χ1n) is 10.8. The Kier molecular flexibility index (Phi) is 3.38. The van der Waals surface area contributed by atoms with Crippen LogP contribution in [-0.4, -0.2) is 30.3 Å². The number of hydrogen-bond donors (Lipinski definition) is 2. The molecule has 0 bridgehead atoms. The lowest BCUT2D eigenvalue weighted by atomic mass is 9.48. The Morgan fingerprint density at radius 3 is 2.76 bits per heavy atom. The molecule has 4 aliphatic carbocycles. The lowest BCUT2D eigenvalue weighted by molar-refractivity contribution is -0.0655. The Labute approximate surface area is 155 Å². The zero-order valence-electron chi connectivity index (χ0n) is 17.9. The second kappa shape index (κ2) is 5.78. The first kappa shape index (κ1) is 14.6. The minimum Gasteiger partial charge on any atom is -0.393 e. The molecule has 25 heavy (non-hydrogen) atoms. The first-order valence-corrected chi connectivity index (χ1v) is 10.7. The molecule has 0 spiro atoms. The van der Waals surface area contributed by atoms with E-state index in [9.17, 15) is 18.1 Å². The maximum Gasteiger partial charge on any atom is 0.397 e. The Hall–Kier alpha value is -0.430. The molecule has 4 rings (SSSR count). The van der Waals surface area contributed by atoms with Crippen LogP contribution < -0.4 is 0 Å². The minimum atomic E-state index is -4.96. The fraction of sp³-hybridized carbons (Fsp3) is 0.895. The van der Waals surface area contributed by atoms with Crippen LogP contribution in [0, 0.1) is 28.6 Å². The van der Waals surface area contributed by atoms with E-state index >= 15 is 0 Å². The van der Waals surface area contributed by atoms with Crippen molar-refractivity contribution in [1.82, 2.24) is 0 Å². The zero-order valence-corrected chi connectivity index (χ0v) is 15.7. The summed E-state index contributed by atoms with van der Waals surface area (Å²) in [4.78, 5) is 0. The van der Waals surface area contributed by atoms with Crippen LogP contribution >= 0.6 is 0 Å². The highest BCUT2D eigenvalue weighted by Crippen LogP contribution is 2.65. The van der Waals surface area contributed by atoms with Gasteiger partial charge >= 0.3 is 10.4 Å². The van der Waals surface area contributed by atoms with Crippen molar-refractivity contribution in [2.24, 2.45) is 28.6 Å². The third-order valence-corrected chi connectivity index (χ3v) is 8.03. The van der Waals surface area contributed by atoms with E-state index in [1.54, 1.807) is 6.92 Å². The van der Waals surface area contributed by atoms with Crippen molar-refractivity contribution < 1.29 is 26.4 Å². The number of aliphatic hydroxyl groups is 1. The first-order chi connectivity index (χ1) is 12.7. The summed E-state index contributed by atoms with van der Waals surface area (Å²) in [7, 11) is -4.96. The van der Waals surface area contributed by atoms with E-state index in [1.807, 2.05) is 0 Å². The molecular weight excluding hydrogens is 340 g/mol. The van der Waals surface area contributed by atoms with E-state index in [-0.39, 0.29) is 29.8 Å². The van der Waals surface area contributed by atoms with Gasteiger partial charge in [0, 0.05) is 2.74 Å². The standard InChI is InChI=1S/C19H30O5S/c1-18-9-7-13(20)11-12(18)3-4-14-15-5-6-17(24-25(21,22)23)19(15,2)10-8-16(14)18/h3,13-17,20H,4-11H2,1-2H3,(H,21,22,23)/t13-,14-,15-,16-,17-,18-,19-/m0/s1/i6D2,17D. The highest BCUT2D eigenvalue weighted by molar-refractivity contribution is 7.80. The van der Waals surface area contributed by atoms with Gasteiger partial charge in [0.05, 0.1) is 13.6 Å². The highest BCUT2D eigenvalue weighted by Gasteiger charge is 2.59. The molecule has 0 saturated heterocycles. The van der Waals surface area contributed by atoms with Crippen LogP contribution in [0.1, 0.15) is 69.3 Å². The lowest BCUT2D eigenvalue weighted by Gasteiger charge is -2.57. The van der Waals surface area contributed by atoms with Crippen molar-refractivity contribution in [1.29, 1.82) is 0 Å². The molecule has 3 saturated carbocycles.